The minimum atomic E-state index is -0.487. The van der Waals surface area contributed by atoms with E-state index in [1.165, 1.54) is 12.1 Å². The van der Waals surface area contributed by atoms with Crippen LogP contribution in [0.4, 0.5) is 9.18 Å². The SMILES string of the molecule is N#Cc1ccccc1COc1ccc(/C=C2\SC(=O)N(Cc3ccc(F)cc3Cl)C2=O)cc1. The van der Waals surface area contributed by atoms with Crippen LogP contribution in [0.3, 0.4) is 0 Å². The zero-order valence-corrected chi connectivity index (χ0v) is 18.7. The second-order valence-electron chi connectivity index (χ2n) is 7.13. The third kappa shape index (κ3) is 5.25. The Balaban J connectivity index is 1.43. The van der Waals surface area contributed by atoms with Crippen LogP contribution in [0.1, 0.15) is 22.3 Å². The fourth-order valence-corrected chi connectivity index (χ4v) is 4.25. The van der Waals surface area contributed by atoms with Crippen molar-refractivity contribution in [2.24, 2.45) is 0 Å². The van der Waals surface area contributed by atoms with Crippen LogP contribution in [0.2, 0.25) is 5.02 Å². The third-order valence-electron chi connectivity index (χ3n) is 4.93. The predicted molar refractivity (Wildman–Crippen MR) is 125 cm³/mol. The lowest BCUT2D eigenvalue weighted by molar-refractivity contribution is -0.123. The minimum absolute atomic E-state index is 0.0297. The first-order valence-electron chi connectivity index (χ1n) is 9.85. The number of imide groups is 1. The summed E-state index contributed by atoms with van der Waals surface area (Å²) in [5.41, 5.74) is 2.57. The summed E-state index contributed by atoms with van der Waals surface area (Å²) in [6.45, 7) is 0.228. The van der Waals surface area contributed by atoms with Gasteiger partial charge in [0.05, 0.1) is 23.1 Å². The smallest absolute Gasteiger partial charge is 0.293 e. The molecule has 0 unspecified atom stereocenters. The van der Waals surface area contributed by atoms with E-state index in [4.69, 9.17) is 21.6 Å². The first kappa shape index (κ1) is 22.6. The first-order chi connectivity index (χ1) is 15.9. The van der Waals surface area contributed by atoms with Crippen molar-refractivity contribution in [3.8, 4) is 11.8 Å². The Morgan fingerprint density at radius 1 is 1.06 bits per heavy atom. The Labute approximate surface area is 199 Å². The van der Waals surface area contributed by atoms with E-state index < -0.39 is 17.0 Å². The van der Waals surface area contributed by atoms with Crippen LogP contribution in [0.25, 0.3) is 6.08 Å². The molecule has 3 aromatic rings. The van der Waals surface area contributed by atoms with E-state index in [1.807, 2.05) is 12.1 Å². The van der Waals surface area contributed by atoms with Crippen LogP contribution < -0.4 is 4.74 Å². The van der Waals surface area contributed by atoms with Gasteiger partial charge in [-0.15, -0.1) is 0 Å². The van der Waals surface area contributed by atoms with Gasteiger partial charge in [0, 0.05) is 10.6 Å². The second-order valence-corrected chi connectivity index (χ2v) is 8.53. The molecule has 1 aliphatic heterocycles. The molecule has 0 N–H and O–H groups in total. The van der Waals surface area contributed by atoms with Gasteiger partial charge in [0.15, 0.2) is 0 Å². The van der Waals surface area contributed by atoms with Crippen molar-refractivity contribution in [3.05, 3.63) is 105 Å². The van der Waals surface area contributed by atoms with E-state index >= 15 is 0 Å². The normalized spacial score (nSPS) is 14.6. The molecule has 0 atom stereocenters. The van der Waals surface area contributed by atoms with Crippen molar-refractivity contribution in [3.63, 3.8) is 0 Å². The zero-order chi connectivity index (χ0) is 23.4. The lowest BCUT2D eigenvalue weighted by atomic mass is 10.1. The molecule has 5 nitrogen and oxygen atoms in total. The summed E-state index contributed by atoms with van der Waals surface area (Å²) < 4.78 is 19.0. The summed E-state index contributed by atoms with van der Waals surface area (Å²) in [6.07, 6.45) is 1.63. The largest absolute Gasteiger partial charge is 0.489 e. The highest BCUT2D eigenvalue weighted by Gasteiger charge is 2.35. The Bertz CT molecular complexity index is 1300. The average molecular weight is 479 g/mol. The highest BCUT2D eigenvalue weighted by Crippen LogP contribution is 2.34. The van der Waals surface area contributed by atoms with E-state index in [0.29, 0.717) is 16.9 Å². The molecule has 2 amide bonds. The molecule has 0 radical (unpaired) electrons. The summed E-state index contributed by atoms with van der Waals surface area (Å²) in [4.78, 5) is 26.5. The molecule has 1 heterocycles. The topological polar surface area (TPSA) is 70.4 Å². The van der Waals surface area contributed by atoms with Gasteiger partial charge in [-0.25, -0.2) is 4.39 Å². The molecule has 0 aromatic heterocycles. The molecule has 0 aliphatic carbocycles. The van der Waals surface area contributed by atoms with Crippen molar-refractivity contribution in [1.82, 2.24) is 4.90 Å². The molecule has 33 heavy (non-hydrogen) atoms. The summed E-state index contributed by atoms with van der Waals surface area (Å²) in [5.74, 6) is -0.308. The maximum atomic E-state index is 13.2. The fourth-order valence-electron chi connectivity index (χ4n) is 3.18. The van der Waals surface area contributed by atoms with Crippen LogP contribution in [-0.4, -0.2) is 16.0 Å². The van der Waals surface area contributed by atoms with Crippen LogP contribution >= 0.6 is 23.4 Å². The van der Waals surface area contributed by atoms with Gasteiger partial charge in [-0.05, 0) is 59.3 Å². The number of ether oxygens (including phenoxy) is 1. The molecule has 8 heteroatoms. The van der Waals surface area contributed by atoms with Gasteiger partial charge in [0.25, 0.3) is 11.1 Å². The van der Waals surface area contributed by atoms with Crippen LogP contribution in [-0.2, 0) is 17.9 Å². The maximum absolute atomic E-state index is 13.2. The third-order valence-corrected chi connectivity index (χ3v) is 6.19. The van der Waals surface area contributed by atoms with Gasteiger partial charge in [0.2, 0.25) is 0 Å². The summed E-state index contributed by atoms with van der Waals surface area (Å²) >= 11 is 6.87. The van der Waals surface area contributed by atoms with E-state index in [1.54, 1.807) is 42.5 Å². The summed E-state index contributed by atoms with van der Waals surface area (Å²) in [7, 11) is 0. The number of carbonyl (C=O) groups excluding carboxylic acids is 2. The predicted octanol–water partition coefficient (Wildman–Crippen LogP) is 6.17. The highest BCUT2D eigenvalue weighted by atomic mass is 35.5. The fraction of sp³-hybridized carbons (Fsp3) is 0.0800. The number of thioether (sulfide) groups is 1. The van der Waals surface area contributed by atoms with E-state index in [2.05, 4.69) is 6.07 Å². The molecule has 1 aliphatic rings. The molecule has 0 saturated carbocycles. The van der Waals surface area contributed by atoms with Crippen LogP contribution in [0, 0.1) is 17.1 Å². The van der Waals surface area contributed by atoms with Crippen molar-refractivity contribution >= 4 is 40.6 Å². The number of benzene rings is 3. The lowest BCUT2D eigenvalue weighted by Crippen LogP contribution is -2.27. The molecular weight excluding hydrogens is 463 g/mol. The number of nitriles is 1. The molecule has 164 valence electrons. The van der Waals surface area contributed by atoms with Gasteiger partial charge in [-0.1, -0.05) is 48.0 Å². The van der Waals surface area contributed by atoms with Crippen LogP contribution in [0.5, 0.6) is 5.75 Å². The minimum Gasteiger partial charge on any atom is -0.489 e. The number of halogens is 2. The summed E-state index contributed by atoms with van der Waals surface area (Å²) in [5, 5.41) is 8.91. The first-order valence-corrected chi connectivity index (χ1v) is 11.0. The van der Waals surface area contributed by atoms with Gasteiger partial charge < -0.3 is 4.74 Å². The number of carbonyl (C=O) groups is 2. The molecule has 3 aromatic carbocycles. The lowest BCUT2D eigenvalue weighted by Gasteiger charge is -2.13. The molecule has 1 fully saturated rings. The second kappa shape index (κ2) is 9.90. The molecule has 1 saturated heterocycles. The van der Waals surface area contributed by atoms with Crippen molar-refractivity contribution < 1.29 is 18.7 Å². The number of nitrogens with zero attached hydrogens (tertiary/aromatic N) is 2. The molecule has 0 spiro atoms. The number of hydrogen-bond donors (Lipinski definition) is 0. The number of amides is 2. The van der Waals surface area contributed by atoms with Crippen molar-refractivity contribution in [2.75, 3.05) is 0 Å². The Kier molecular flexibility index (Phi) is 6.78. The zero-order valence-electron chi connectivity index (χ0n) is 17.1. The molecular formula is C25H16ClFN2O3S. The van der Waals surface area contributed by atoms with Gasteiger partial charge >= 0.3 is 0 Å². The van der Waals surface area contributed by atoms with Crippen molar-refractivity contribution in [1.29, 1.82) is 5.26 Å². The van der Waals surface area contributed by atoms with Crippen molar-refractivity contribution in [2.45, 2.75) is 13.2 Å². The quantitative estimate of drug-likeness (QED) is 0.396. The summed E-state index contributed by atoms with van der Waals surface area (Å²) in [6, 6.07) is 20.2. The van der Waals surface area contributed by atoms with Gasteiger partial charge in [-0.3, -0.25) is 14.5 Å². The highest BCUT2D eigenvalue weighted by molar-refractivity contribution is 8.18. The Morgan fingerprint density at radius 3 is 2.55 bits per heavy atom. The number of hydrogen-bond acceptors (Lipinski definition) is 5. The number of rotatable bonds is 6. The monoisotopic (exact) mass is 478 g/mol. The Hall–Kier alpha value is -3.60. The van der Waals surface area contributed by atoms with Gasteiger partial charge in [0.1, 0.15) is 18.2 Å². The van der Waals surface area contributed by atoms with E-state index in [0.717, 1.165) is 33.9 Å². The van der Waals surface area contributed by atoms with Gasteiger partial charge in [-0.2, -0.15) is 5.26 Å². The Morgan fingerprint density at radius 2 is 1.82 bits per heavy atom. The van der Waals surface area contributed by atoms with Crippen LogP contribution in [0.15, 0.2) is 71.6 Å². The van der Waals surface area contributed by atoms with E-state index in [9.17, 15) is 14.0 Å². The molecule has 4 rings (SSSR count). The van der Waals surface area contributed by atoms with E-state index in [-0.39, 0.29) is 23.1 Å². The maximum Gasteiger partial charge on any atom is 0.293 e. The molecule has 0 bridgehead atoms. The average Bonchev–Trinajstić information content (AvgIpc) is 3.07. The standard InChI is InChI=1S/C25H16ClFN2O3S/c26-22-12-20(27)8-7-18(22)14-29-24(30)23(33-25(29)31)11-16-5-9-21(10-6-16)32-15-19-4-2-1-3-17(19)13-28/h1-12H,14-15H2/b23-11-.